The Morgan fingerprint density at radius 2 is 2.05 bits per heavy atom. The Bertz CT molecular complexity index is 570. The number of halogens is 1. The van der Waals surface area contributed by atoms with Gasteiger partial charge in [-0.25, -0.2) is 4.98 Å². The smallest absolute Gasteiger partial charge is 0.275 e. The molecule has 2 rings (SSSR count). The fraction of sp³-hybridized carbons (Fsp3) is 0.143. The van der Waals surface area contributed by atoms with Crippen LogP contribution in [0.15, 0.2) is 47.1 Å². The SMILES string of the molecule is CCOc1ccc(NC(=O)c2ncccc2Br)cc1. The molecule has 19 heavy (non-hydrogen) atoms. The van der Waals surface area contributed by atoms with Gasteiger partial charge < -0.3 is 10.1 Å². The molecule has 0 atom stereocenters. The van der Waals surface area contributed by atoms with E-state index in [0.717, 1.165) is 5.75 Å². The highest BCUT2D eigenvalue weighted by Gasteiger charge is 2.11. The monoisotopic (exact) mass is 320 g/mol. The summed E-state index contributed by atoms with van der Waals surface area (Å²) in [5.41, 5.74) is 1.06. The van der Waals surface area contributed by atoms with Gasteiger partial charge in [0.1, 0.15) is 11.4 Å². The van der Waals surface area contributed by atoms with Crippen molar-refractivity contribution in [2.45, 2.75) is 6.92 Å². The van der Waals surface area contributed by atoms with Crippen LogP contribution in [0.4, 0.5) is 5.69 Å². The maximum atomic E-state index is 12.0. The van der Waals surface area contributed by atoms with E-state index in [1.807, 2.05) is 19.1 Å². The van der Waals surface area contributed by atoms with Crippen molar-refractivity contribution in [3.8, 4) is 5.75 Å². The van der Waals surface area contributed by atoms with Gasteiger partial charge in [-0.1, -0.05) is 0 Å². The Labute approximate surface area is 119 Å². The number of hydrogen-bond donors (Lipinski definition) is 1. The number of rotatable bonds is 4. The number of nitrogens with zero attached hydrogens (tertiary/aromatic N) is 1. The molecule has 0 bridgehead atoms. The highest BCUT2D eigenvalue weighted by Crippen LogP contribution is 2.18. The molecule has 1 N–H and O–H groups in total. The molecule has 0 spiro atoms. The van der Waals surface area contributed by atoms with Crippen LogP contribution in [0, 0.1) is 0 Å². The van der Waals surface area contributed by atoms with Crippen molar-refractivity contribution in [1.29, 1.82) is 0 Å². The average Bonchev–Trinajstić information content (AvgIpc) is 2.42. The number of benzene rings is 1. The second-order valence-corrected chi connectivity index (χ2v) is 4.60. The first-order valence-electron chi connectivity index (χ1n) is 5.85. The Balaban J connectivity index is 2.09. The Morgan fingerprint density at radius 3 is 2.68 bits per heavy atom. The molecule has 1 heterocycles. The zero-order valence-corrected chi connectivity index (χ0v) is 12.0. The van der Waals surface area contributed by atoms with E-state index >= 15 is 0 Å². The largest absolute Gasteiger partial charge is 0.494 e. The number of ether oxygens (including phenoxy) is 1. The number of aromatic nitrogens is 1. The van der Waals surface area contributed by atoms with Gasteiger partial charge in [0.15, 0.2) is 0 Å². The summed E-state index contributed by atoms with van der Waals surface area (Å²) >= 11 is 3.30. The van der Waals surface area contributed by atoms with E-state index < -0.39 is 0 Å². The first kappa shape index (κ1) is 13.5. The second kappa shape index (κ2) is 6.33. The van der Waals surface area contributed by atoms with E-state index in [0.29, 0.717) is 22.5 Å². The summed E-state index contributed by atoms with van der Waals surface area (Å²) in [6.07, 6.45) is 1.58. The van der Waals surface area contributed by atoms with Crippen LogP contribution < -0.4 is 10.1 Å². The number of hydrogen-bond acceptors (Lipinski definition) is 3. The van der Waals surface area contributed by atoms with Gasteiger partial charge in [-0.05, 0) is 59.3 Å². The number of carbonyl (C=O) groups is 1. The third-order valence-electron chi connectivity index (χ3n) is 2.40. The maximum Gasteiger partial charge on any atom is 0.275 e. The molecule has 5 heteroatoms. The minimum Gasteiger partial charge on any atom is -0.494 e. The lowest BCUT2D eigenvalue weighted by Gasteiger charge is -2.07. The van der Waals surface area contributed by atoms with Crippen LogP contribution in [-0.4, -0.2) is 17.5 Å². The van der Waals surface area contributed by atoms with Gasteiger partial charge in [-0.15, -0.1) is 0 Å². The van der Waals surface area contributed by atoms with Crippen LogP contribution in [0.1, 0.15) is 17.4 Å². The summed E-state index contributed by atoms with van der Waals surface area (Å²) in [7, 11) is 0. The average molecular weight is 321 g/mol. The Hall–Kier alpha value is -1.88. The van der Waals surface area contributed by atoms with Crippen molar-refractivity contribution in [1.82, 2.24) is 4.98 Å². The van der Waals surface area contributed by atoms with Gasteiger partial charge in [-0.3, -0.25) is 4.79 Å². The molecule has 2 aromatic rings. The van der Waals surface area contributed by atoms with Crippen LogP contribution in [0.2, 0.25) is 0 Å². The number of pyridine rings is 1. The maximum absolute atomic E-state index is 12.0. The zero-order valence-electron chi connectivity index (χ0n) is 10.4. The third kappa shape index (κ3) is 3.54. The molecular formula is C14H13BrN2O2. The van der Waals surface area contributed by atoms with Gasteiger partial charge in [0, 0.05) is 16.4 Å². The van der Waals surface area contributed by atoms with Crippen LogP contribution in [-0.2, 0) is 0 Å². The molecule has 98 valence electrons. The van der Waals surface area contributed by atoms with Crippen molar-refractivity contribution < 1.29 is 9.53 Å². The molecule has 0 radical (unpaired) electrons. The highest BCUT2D eigenvalue weighted by atomic mass is 79.9. The predicted molar refractivity (Wildman–Crippen MR) is 77.5 cm³/mol. The van der Waals surface area contributed by atoms with Gasteiger partial charge in [0.2, 0.25) is 0 Å². The van der Waals surface area contributed by atoms with E-state index in [4.69, 9.17) is 4.74 Å². The minimum atomic E-state index is -0.253. The lowest BCUT2D eigenvalue weighted by atomic mass is 10.3. The minimum absolute atomic E-state index is 0.253. The first-order valence-corrected chi connectivity index (χ1v) is 6.64. The molecular weight excluding hydrogens is 308 g/mol. The van der Waals surface area contributed by atoms with Gasteiger partial charge in [-0.2, -0.15) is 0 Å². The first-order chi connectivity index (χ1) is 9.20. The van der Waals surface area contributed by atoms with Crippen molar-refractivity contribution in [2.75, 3.05) is 11.9 Å². The molecule has 0 aliphatic carbocycles. The topological polar surface area (TPSA) is 51.2 Å². The van der Waals surface area contributed by atoms with E-state index in [2.05, 4.69) is 26.2 Å². The number of nitrogens with one attached hydrogen (secondary N) is 1. The van der Waals surface area contributed by atoms with Crippen molar-refractivity contribution in [3.05, 3.63) is 52.8 Å². The Kier molecular flexibility index (Phi) is 4.52. The molecule has 0 unspecified atom stereocenters. The van der Waals surface area contributed by atoms with Crippen molar-refractivity contribution in [2.24, 2.45) is 0 Å². The molecule has 1 aromatic carbocycles. The quantitative estimate of drug-likeness (QED) is 0.938. The summed E-state index contributed by atoms with van der Waals surface area (Å²) in [6, 6.07) is 10.7. The highest BCUT2D eigenvalue weighted by molar-refractivity contribution is 9.10. The third-order valence-corrected chi connectivity index (χ3v) is 3.04. The number of carbonyl (C=O) groups excluding carboxylic acids is 1. The predicted octanol–water partition coefficient (Wildman–Crippen LogP) is 3.50. The van der Waals surface area contributed by atoms with Crippen LogP contribution in [0.5, 0.6) is 5.75 Å². The summed E-state index contributed by atoms with van der Waals surface area (Å²) in [5, 5.41) is 2.78. The summed E-state index contributed by atoms with van der Waals surface area (Å²) in [5.74, 6) is 0.524. The van der Waals surface area contributed by atoms with Gasteiger partial charge in [0.05, 0.1) is 6.61 Å². The molecule has 0 fully saturated rings. The number of amides is 1. The van der Waals surface area contributed by atoms with Gasteiger partial charge >= 0.3 is 0 Å². The molecule has 0 aliphatic rings. The molecule has 4 nitrogen and oxygen atoms in total. The van der Waals surface area contributed by atoms with Crippen LogP contribution in [0.3, 0.4) is 0 Å². The zero-order chi connectivity index (χ0) is 13.7. The fourth-order valence-corrected chi connectivity index (χ4v) is 1.98. The van der Waals surface area contributed by atoms with Crippen molar-refractivity contribution >= 4 is 27.5 Å². The van der Waals surface area contributed by atoms with E-state index in [1.54, 1.807) is 30.5 Å². The van der Waals surface area contributed by atoms with Crippen LogP contribution in [0.25, 0.3) is 0 Å². The fourth-order valence-electron chi connectivity index (χ4n) is 1.54. The summed E-state index contributed by atoms with van der Waals surface area (Å²) < 4.78 is 6.00. The van der Waals surface area contributed by atoms with Crippen LogP contribution >= 0.6 is 15.9 Å². The summed E-state index contributed by atoms with van der Waals surface area (Å²) in [4.78, 5) is 16.0. The number of anilines is 1. The lowest BCUT2D eigenvalue weighted by molar-refractivity contribution is 0.102. The van der Waals surface area contributed by atoms with E-state index in [9.17, 15) is 4.79 Å². The molecule has 0 saturated heterocycles. The molecule has 1 aromatic heterocycles. The van der Waals surface area contributed by atoms with Crippen molar-refractivity contribution in [3.63, 3.8) is 0 Å². The van der Waals surface area contributed by atoms with E-state index in [1.165, 1.54) is 0 Å². The Morgan fingerprint density at radius 1 is 1.32 bits per heavy atom. The second-order valence-electron chi connectivity index (χ2n) is 3.75. The molecule has 0 aliphatic heterocycles. The summed E-state index contributed by atoms with van der Waals surface area (Å²) in [6.45, 7) is 2.54. The normalized spacial score (nSPS) is 10.0. The molecule has 0 saturated carbocycles. The van der Waals surface area contributed by atoms with Gasteiger partial charge in [0.25, 0.3) is 5.91 Å². The van der Waals surface area contributed by atoms with E-state index in [-0.39, 0.29) is 5.91 Å². The lowest BCUT2D eigenvalue weighted by Crippen LogP contribution is -2.14. The molecule has 1 amide bonds. The standard InChI is InChI=1S/C14H13BrN2O2/c1-2-19-11-7-5-10(6-8-11)17-14(18)13-12(15)4-3-9-16-13/h3-9H,2H2,1H3,(H,17,18).